The quantitative estimate of drug-likeness (QED) is 0.808. The Balaban J connectivity index is 2.41. The van der Waals surface area contributed by atoms with Gasteiger partial charge in [0.15, 0.2) is 5.71 Å². The smallest absolute Gasteiger partial charge is 0.357 e. The minimum absolute atomic E-state index is 0.136. The fourth-order valence-electron chi connectivity index (χ4n) is 1.27. The number of aromatic nitrogens is 1. The van der Waals surface area contributed by atoms with Crippen molar-refractivity contribution in [3.05, 3.63) is 21.1 Å². The lowest BCUT2D eigenvalue weighted by atomic mass is 10.3. The number of nitrogens with one attached hydrogen (secondary N) is 1. The Morgan fingerprint density at radius 3 is 2.89 bits per heavy atom. The molecule has 0 fully saturated rings. The molecule has 1 aromatic heterocycles. The van der Waals surface area contributed by atoms with Crippen molar-refractivity contribution in [1.82, 2.24) is 9.71 Å². The predicted octanol–water partition coefficient (Wildman–Crippen LogP) is 1.10. The number of ether oxygens (including phenoxy) is 1. The van der Waals surface area contributed by atoms with Crippen molar-refractivity contribution in [3.8, 4) is 0 Å². The summed E-state index contributed by atoms with van der Waals surface area (Å²) in [7, 11) is -3.96. The molecule has 2 rings (SSSR count). The molecule has 1 aliphatic heterocycles. The number of nitrogens with zero attached hydrogens (tertiary/aromatic N) is 2. The number of thiazole rings is 1. The van der Waals surface area contributed by atoms with Gasteiger partial charge in [-0.2, -0.15) is 8.42 Å². The molecule has 1 N–H and O–H groups in total. The van der Waals surface area contributed by atoms with Crippen LogP contribution in [-0.2, 0) is 19.7 Å². The Labute approximate surface area is 121 Å². The molecular weight excluding hydrogens is 358 g/mol. The SMILES string of the molecule is CCOC(=O)C1=NS(=O)(=O)NC(c2ncc(Br)s2)=C1. The highest BCUT2D eigenvalue weighted by Gasteiger charge is 2.25. The van der Waals surface area contributed by atoms with E-state index < -0.39 is 16.2 Å². The molecular formula is C9H8BrN3O4S2. The molecule has 102 valence electrons. The van der Waals surface area contributed by atoms with Crippen LogP contribution in [0.2, 0.25) is 0 Å². The van der Waals surface area contributed by atoms with E-state index in [-0.39, 0.29) is 18.0 Å². The van der Waals surface area contributed by atoms with E-state index in [0.717, 1.165) is 3.79 Å². The highest BCUT2D eigenvalue weighted by molar-refractivity contribution is 9.11. The van der Waals surface area contributed by atoms with Gasteiger partial charge in [-0.3, -0.25) is 4.72 Å². The third-order valence-corrected chi connectivity index (χ3v) is 4.36. The van der Waals surface area contributed by atoms with E-state index in [4.69, 9.17) is 4.74 Å². The van der Waals surface area contributed by atoms with Gasteiger partial charge in [-0.1, -0.05) is 0 Å². The molecule has 0 spiro atoms. The Morgan fingerprint density at radius 2 is 2.32 bits per heavy atom. The van der Waals surface area contributed by atoms with Gasteiger partial charge in [0, 0.05) is 0 Å². The van der Waals surface area contributed by atoms with Crippen molar-refractivity contribution >= 4 is 54.9 Å². The molecule has 1 aliphatic rings. The summed E-state index contributed by atoms with van der Waals surface area (Å²) in [5.41, 5.74) is -0.0873. The van der Waals surface area contributed by atoms with E-state index in [1.165, 1.54) is 23.6 Å². The van der Waals surface area contributed by atoms with Crippen LogP contribution in [0.5, 0.6) is 0 Å². The Bertz CT molecular complexity index is 677. The number of hydrogen-bond acceptors (Lipinski definition) is 6. The zero-order chi connectivity index (χ0) is 14.0. The summed E-state index contributed by atoms with van der Waals surface area (Å²) in [6.07, 6.45) is 2.83. The van der Waals surface area contributed by atoms with Crippen molar-refractivity contribution in [2.75, 3.05) is 6.61 Å². The second kappa shape index (κ2) is 5.39. The average Bonchev–Trinajstić information content (AvgIpc) is 2.74. The van der Waals surface area contributed by atoms with Crippen molar-refractivity contribution < 1.29 is 17.9 Å². The topological polar surface area (TPSA) is 97.7 Å². The van der Waals surface area contributed by atoms with Crippen molar-refractivity contribution in [2.24, 2.45) is 4.40 Å². The van der Waals surface area contributed by atoms with Gasteiger partial charge in [0.05, 0.1) is 22.3 Å². The summed E-state index contributed by atoms with van der Waals surface area (Å²) in [4.78, 5) is 15.6. The van der Waals surface area contributed by atoms with Crippen molar-refractivity contribution in [1.29, 1.82) is 0 Å². The molecule has 10 heteroatoms. The monoisotopic (exact) mass is 365 g/mol. The molecule has 1 aromatic rings. The molecule has 0 saturated heterocycles. The summed E-state index contributed by atoms with van der Waals surface area (Å²) < 4.78 is 34.1. The first-order chi connectivity index (χ1) is 8.91. The van der Waals surface area contributed by atoms with E-state index in [0.29, 0.717) is 5.01 Å². The average molecular weight is 366 g/mol. The largest absolute Gasteiger partial charge is 0.461 e. The van der Waals surface area contributed by atoms with E-state index >= 15 is 0 Å². The molecule has 0 saturated carbocycles. The number of carbonyl (C=O) groups excluding carboxylic acids is 1. The van der Waals surface area contributed by atoms with Crippen LogP contribution in [0.25, 0.3) is 5.70 Å². The zero-order valence-corrected chi connectivity index (χ0v) is 12.8. The minimum atomic E-state index is -3.96. The Morgan fingerprint density at radius 1 is 1.58 bits per heavy atom. The molecule has 0 amide bonds. The van der Waals surface area contributed by atoms with Gasteiger partial charge >= 0.3 is 16.2 Å². The highest BCUT2D eigenvalue weighted by atomic mass is 79.9. The number of halogens is 1. The second-order valence-electron chi connectivity index (χ2n) is 3.30. The fourth-order valence-corrected chi connectivity index (χ4v) is 3.38. The van der Waals surface area contributed by atoms with Crippen LogP contribution < -0.4 is 4.72 Å². The van der Waals surface area contributed by atoms with Gasteiger partial charge in [0.25, 0.3) is 0 Å². The summed E-state index contributed by atoms with van der Waals surface area (Å²) in [5.74, 6) is -0.791. The second-order valence-corrected chi connectivity index (χ2v) is 7.05. The summed E-state index contributed by atoms with van der Waals surface area (Å²) >= 11 is 4.45. The van der Waals surface area contributed by atoms with Crippen LogP contribution in [0.4, 0.5) is 0 Å². The first-order valence-electron chi connectivity index (χ1n) is 5.04. The number of esters is 1. The molecule has 7 nitrogen and oxygen atoms in total. The minimum Gasteiger partial charge on any atom is -0.461 e. The number of rotatable bonds is 3. The van der Waals surface area contributed by atoms with Crippen LogP contribution >= 0.6 is 27.3 Å². The first kappa shape index (κ1) is 14.2. The lowest BCUT2D eigenvalue weighted by molar-refractivity contribution is -0.134. The summed E-state index contributed by atoms with van der Waals surface area (Å²) in [6.45, 7) is 1.76. The zero-order valence-electron chi connectivity index (χ0n) is 9.58. The molecule has 0 aliphatic carbocycles. The molecule has 0 radical (unpaired) electrons. The predicted molar refractivity (Wildman–Crippen MR) is 73.9 cm³/mol. The van der Waals surface area contributed by atoms with Crippen LogP contribution in [0.3, 0.4) is 0 Å². The molecule has 0 aromatic carbocycles. The van der Waals surface area contributed by atoms with E-state index in [1.54, 1.807) is 6.92 Å². The molecule has 0 bridgehead atoms. The van der Waals surface area contributed by atoms with E-state index in [1.807, 2.05) is 0 Å². The van der Waals surface area contributed by atoms with Crippen LogP contribution in [0.1, 0.15) is 11.9 Å². The standard InChI is InChI=1S/C9H8BrN3O4S2/c1-2-17-9(14)6-3-5(12-19(15,16)13-6)8-11-4-7(10)18-8/h3-4,12H,2H2,1H3. The summed E-state index contributed by atoms with van der Waals surface area (Å²) in [5, 5.41) is 0.423. The third-order valence-electron chi connectivity index (χ3n) is 1.93. The van der Waals surface area contributed by atoms with Crippen molar-refractivity contribution in [2.45, 2.75) is 6.92 Å². The normalized spacial score (nSPS) is 17.2. The molecule has 2 heterocycles. The lowest BCUT2D eigenvalue weighted by Crippen LogP contribution is -2.29. The fraction of sp³-hybridized carbons (Fsp3) is 0.222. The highest BCUT2D eigenvalue weighted by Crippen LogP contribution is 2.25. The molecule has 0 atom stereocenters. The third kappa shape index (κ3) is 3.39. The van der Waals surface area contributed by atoms with Crippen molar-refractivity contribution in [3.63, 3.8) is 0 Å². The van der Waals surface area contributed by atoms with Gasteiger partial charge in [0.2, 0.25) is 0 Å². The Kier molecular flexibility index (Phi) is 4.02. The van der Waals surface area contributed by atoms with Gasteiger partial charge in [-0.05, 0) is 28.9 Å². The summed E-state index contributed by atoms with van der Waals surface area (Å²) in [6, 6.07) is 0. The maximum atomic E-state index is 11.6. The molecule has 0 unspecified atom stereocenters. The maximum absolute atomic E-state index is 11.6. The van der Waals surface area contributed by atoms with Gasteiger partial charge in [-0.15, -0.1) is 15.7 Å². The van der Waals surface area contributed by atoms with Crippen LogP contribution in [0, 0.1) is 0 Å². The van der Waals surface area contributed by atoms with Crippen LogP contribution in [0.15, 0.2) is 20.5 Å². The Hall–Kier alpha value is -1.26. The number of carbonyl (C=O) groups is 1. The number of hydrogen-bond donors (Lipinski definition) is 1. The maximum Gasteiger partial charge on any atom is 0.357 e. The van der Waals surface area contributed by atoms with Gasteiger partial charge in [-0.25, -0.2) is 9.78 Å². The molecule has 19 heavy (non-hydrogen) atoms. The van der Waals surface area contributed by atoms with E-state index in [9.17, 15) is 13.2 Å². The van der Waals surface area contributed by atoms with Gasteiger partial charge in [0.1, 0.15) is 5.01 Å². The van der Waals surface area contributed by atoms with Crippen LogP contribution in [-0.4, -0.2) is 31.7 Å². The van der Waals surface area contributed by atoms with Gasteiger partial charge < -0.3 is 4.74 Å². The first-order valence-corrected chi connectivity index (χ1v) is 8.09. The lowest BCUT2D eigenvalue weighted by Gasteiger charge is -2.12. The van der Waals surface area contributed by atoms with E-state index in [2.05, 4.69) is 30.0 Å².